The Labute approximate surface area is 124 Å². The van der Waals surface area contributed by atoms with Gasteiger partial charge in [-0.3, -0.25) is 0 Å². The predicted molar refractivity (Wildman–Crippen MR) is 77.4 cm³/mol. The van der Waals surface area contributed by atoms with Crippen molar-refractivity contribution in [3.63, 3.8) is 0 Å². The highest BCUT2D eigenvalue weighted by Crippen LogP contribution is 2.23. The number of nitrogens with two attached hydrogens (primary N) is 1. The van der Waals surface area contributed by atoms with Crippen LogP contribution in [0.25, 0.3) is 0 Å². The van der Waals surface area contributed by atoms with E-state index >= 15 is 0 Å². The summed E-state index contributed by atoms with van der Waals surface area (Å²) in [7, 11) is 0. The Hall–Kier alpha value is -1.46. The van der Waals surface area contributed by atoms with E-state index < -0.39 is 5.82 Å². The number of hydrogen-bond acceptors (Lipinski definition) is 2. The minimum absolute atomic E-state index is 0.220. The zero-order chi connectivity index (χ0) is 14.7. The van der Waals surface area contributed by atoms with Crippen molar-refractivity contribution in [2.24, 2.45) is 5.73 Å². The summed E-state index contributed by atoms with van der Waals surface area (Å²) < 4.78 is 32.8. The van der Waals surface area contributed by atoms with E-state index in [1.807, 2.05) is 0 Å². The maximum atomic E-state index is 13.7. The topological polar surface area (TPSA) is 35.2 Å². The molecule has 2 aromatic rings. The van der Waals surface area contributed by atoms with Gasteiger partial charge in [0.2, 0.25) is 0 Å². The SMILES string of the molecule is C[C@H](N)c1ccc(OCc2ccc(F)cc2Br)cc1F. The summed E-state index contributed by atoms with van der Waals surface area (Å²) in [6.07, 6.45) is 0. The van der Waals surface area contributed by atoms with Crippen LogP contribution >= 0.6 is 15.9 Å². The smallest absolute Gasteiger partial charge is 0.131 e. The molecular formula is C15H14BrF2NO. The normalized spacial score (nSPS) is 12.2. The van der Waals surface area contributed by atoms with Crippen LogP contribution < -0.4 is 10.5 Å². The van der Waals surface area contributed by atoms with E-state index in [-0.39, 0.29) is 18.5 Å². The zero-order valence-electron chi connectivity index (χ0n) is 10.9. The van der Waals surface area contributed by atoms with Gasteiger partial charge in [0.25, 0.3) is 0 Å². The Kier molecular flexibility index (Phi) is 4.73. The van der Waals surface area contributed by atoms with E-state index in [0.717, 1.165) is 5.56 Å². The average Bonchev–Trinajstić information content (AvgIpc) is 2.37. The fourth-order valence-electron chi connectivity index (χ4n) is 1.77. The lowest BCUT2D eigenvalue weighted by atomic mass is 10.1. The third-order valence-electron chi connectivity index (χ3n) is 2.87. The van der Waals surface area contributed by atoms with Gasteiger partial charge in [-0.05, 0) is 25.1 Å². The van der Waals surface area contributed by atoms with Crippen molar-refractivity contribution in [2.75, 3.05) is 0 Å². The lowest BCUT2D eigenvalue weighted by molar-refractivity contribution is 0.303. The molecule has 0 amide bonds. The summed E-state index contributed by atoms with van der Waals surface area (Å²) in [5, 5.41) is 0. The summed E-state index contributed by atoms with van der Waals surface area (Å²) >= 11 is 3.26. The van der Waals surface area contributed by atoms with Gasteiger partial charge in [0.1, 0.15) is 24.0 Å². The lowest BCUT2D eigenvalue weighted by Gasteiger charge is -2.11. The van der Waals surface area contributed by atoms with Crippen molar-refractivity contribution >= 4 is 15.9 Å². The molecule has 0 saturated carbocycles. The fraction of sp³-hybridized carbons (Fsp3) is 0.200. The molecule has 2 aromatic carbocycles. The van der Waals surface area contributed by atoms with Crippen molar-refractivity contribution in [2.45, 2.75) is 19.6 Å². The van der Waals surface area contributed by atoms with Gasteiger partial charge in [-0.2, -0.15) is 0 Å². The van der Waals surface area contributed by atoms with Crippen molar-refractivity contribution in [3.05, 3.63) is 63.6 Å². The monoisotopic (exact) mass is 341 g/mol. The molecule has 0 heterocycles. The summed E-state index contributed by atoms with van der Waals surface area (Å²) in [6, 6.07) is 8.54. The highest BCUT2D eigenvalue weighted by molar-refractivity contribution is 9.10. The summed E-state index contributed by atoms with van der Waals surface area (Å²) in [5.41, 5.74) is 6.87. The van der Waals surface area contributed by atoms with Crippen molar-refractivity contribution in [1.82, 2.24) is 0 Å². The van der Waals surface area contributed by atoms with Crippen LogP contribution in [0, 0.1) is 11.6 Å². The molecule has 0 aromatic heterocycles. The number of hydrogen-bond donors (Lipinski definition) is 1. The first-order valence-electron chi connectivity index (χ1n) is 6.09. The summed E-state index contributed by atoms with van der Waals surface area (Å²) in [4.78, 5) is 0. The number of ether oxygens (including phenoxy) is 1. The molecule has 2 nitrogen and oxygen atoms in total. The van der Waals surface area contributed by atoms with Crippen molar-refractivity contribution < 1.29 is 13.5 Å². The molecule has 0 bridgehead atoms. The first kappa shape index (κ1) is 14.9. The minimum atomic E-state index is -0.393. The Morgan fingerprint density at radius 1 is 1.20 bits per heavy atom. The van der Waals surface area contributed by atoms with Crippen LogP contribution in [-0.4, -0.2) is 0 Å². The van der Waals surface area contributed by atoms with Crippen LogP contribution in [0.3, 0.4) is 0 Å². The van der Waals surface area contributed by atoms with Crippen LogP contribution in [0.5, 0.6) is 5.75 Å². The Morgan fingerprint density at radius 2 is 1.95 bits per heavy atom. The second kappa shape index (κ2) is 6.33. The van der Waals surface area contributed by atoms with Gasteiger partial charge in [-0.1, -0.05) is 28.1 Å². The standard InChI is InChI=1S/C15H14BrF2NO/c1-9(19)13-5-4-12(7-15(13)18)20-8-10-2-3-11(17)6-14(10)16/h2-7,9H,8,19H2,1H3/t9-/m0/s1. The van der Waals surface area contributed by atoms with Gasteiger partial charge in [0, 0.05) is 27.7 Å². The first-order chi connectivity index (χ1) is 9.47. The Morgan fingerprint density at radius 3 is 2.55 bits per heavy atom. The molecule has 0 saturated heterocycles. The molecule has 2 N–H and O–H groups in total. The second-order valence-electron chi connectivity index (χ2n) is 4.50. The number of rotatable bonds is 4. The maximum absolute atomic E-state index is 13.7. The zero-order valence-corrected chi connectivity index (χ0v) is 12.5. The second-order valence-corrected chi connectivity index (χ2v) is 5.35. The molecule has 0 aliphatic rings. The maximum Gasteiger partial charge on any atom is 0.131 e. The van der Waals surface area contributed by atoms with Crippen molar-refractivity contribution in [1.29, 1.82) is 0 Å². The van der Waals surface area contributed by atoms with Gasteiger partial charge in [-0.15, -0.1) is 0 Å². The Balaban J connectivity index is 2.09. The van der Waals surface area contributed by atoms with Crippen molar-refractivity contribution in [3.8, 4) is 5.75 Å². The van der Waals surface area contributed by atoms with E-state index in [1.54, 1.807) is 25.1 Å². The van der Waals surface area contributed by atoms with Gasteiger partial charge < -0.3 is 10.5 Å². The molecule has 0 unspecified atom stereocenters. The third kappa shape index (κ3) is 3.55. The minimum Gasteiger partial charge on any atom is -0.489 e. The molecule has 106 valence electrons. The molecule has 2 rings (SSSR count). The van der Waals surface area contributed by atoms with E-state index in [0.29, 0.717) is 15.8 Å². The molecule has 1 atom stereocenters. The fourth-order valence-corrected chi connectivity index (χ4v) is 2.23. The molecule has 5 heteroatoms. The van der Waals surface area contributed by atoms with Gasteiger partial charge in [0.15, 0.2) is 0 Å². The van der Waals surface area contributed by atoms with Crippen LogP contribution in [0.2, 0.25) is 0 Å². The largest absolute Gasteiger partial charge is 0.489 e. The van der Waals surface area contributed by atoms with Crippen LogP contribution in [-0.2, 0) is 6.61 Å². The predicted octanol–water partition coefficient (Wildman–Crippen LogP) is 4.33. The van der Waals surface area contributed by atoms with E-state index in [2.05, 4.69) is 15.9 Å². The molecule has 0 spiro atoms. The molecule has 0 fully saturated rings. The molecular weight excluding hydrogens is 328 g/mol. The van der Waals surface area contributed by atoms with Gasteiger partial charge in [0.05, 0.1) is 0 Å². The highest BCUT2D eigenvalue weighted by atomic mass is 79.9. The average molecular weight is 342 g/mol. The molecule has 0 aliphatic carbocycles. The summed E-state index contributed by atoms with van der Waals surface area (Å²) in [6.45, 7) is 1.94. The van der Waals surface area contributed by atoms with Crippen LogP contribution in [0.15, 0.2) is 40.9 Å². The van der Waals surface area contributed by atoms with E-state index in [4.69, 9.17) is 10.5 Å². The van der Waals surface area contributed by atoms with Crippen LogP contribution in [0.1, 0.15) is 24.1 Å². The molecule has 20 heavy (non-hydrogen) atoms. The highest BCUT2D eigenvalue weighted by Gasteiger charge is 2.09. The first-order valence-corrected chi connectivity index (χ1v) is 6.88. The van der Waals surface area contributed by atoms with Crippen LogP contribution in [0.4, 0.5) is 8.78 Å². The van der Waals surface area contributed by atoms with E-state index in [9.17, 15) is 8.78 Å². The molecule has 0 radical (unpaired) electrons. The lowest BCUT2D eigenvalue weighted by Crippen LogP contribution is -2.07. The van der Waals surface area contributed by atoms with Gasteiger partial charge in [-0.25, -0.2) is 8.78 Å². The van der Waals surface area contributed by atoms with E-state index in [1.165, 1.54) is 18.2 Å². The quantitative estimate of drug-likeness (QED) is 0.898. The number of benzene rings is 2. The Bertz CT molecular complexity index is 617. The van der Waals surface area contributed by atoms with Gasteiger partial charge >= 0.3 is 0 Å². The summed E-state index contributed by atoms with van der Waals surface area (Å²) in [5.74, 6) is -0.313. The number of halogens is 3. The third-order valence-corrected chi connectivity index (χ3v) is 3.61. The molecule has 0 aliphatic heterocycles.